The summed E-state index contributed by atoms with van der Waals surface area (Å²) < 4.78 is 20.5. The first kappa shape index (κ1) is 21.1. The van der Waals surface area contributed by atoms with Gasteiger partial charge in [0.25, 0.3) is 0 Å². The van der Waals surface area contributed by atoms with Crippen molar-refractivity contribution in [3.8, 4) is 16.9 Å². The van der Waals surface area contributed by atoms with Crippen molar-refractivity contribution in [2.24, 2.45) is 0 Å². The Kier molecular flexibility index (Phi) is 4.63. The SMILES string of the molecule is Nc1ncnc2c1c(-c1cccc(OCC34CCC(CC3)O4)c1)cn2C1CC2(CNC(=O)CO2)C1. The molecule has 4 aliphatic rings. The van der Waals surface area contributed by atoms with Crippen molar-refractivity contribution in [3.63, 3.8) is 0 Å². The van der Waals surface area contributed by atoms with Crippen LogP contribution in [-0.2, 0) is 14.3 Å². The maximum atomic E-state index is 11.5. The summed E-state index contributed by atoms with van der Waals surface area (Å²) >= 11 is 0. The predicted octanol–water partition coefficient (Wildman–Crippen LogP) is 2.99. The van der Waals surface area contributed by atoms with Crippen molar-refractivity contribution in [1.29, 1.82) is 0 Å². The van der Waals surface area contributed by atoms with Gasteiger partial charge in [-0.05, 0) is 56.2 Å². The van der Waals surface area contributed by atoms with Crippen LogP contribution in [0.5, 0.6) is 5.75 Å². The topological polar surface area (TPSA) is 114 Å². The summed E-state index contributed by atoms with van der Waals surface area (Å²) in [7, 11) is 0. The molecule has 0 unspecified atom stereocenters. The van der Waals surface area contributed by atoms with Gasteiger partial charge >= 0.3 is 0 Å². The lowest BCUT2D eigenvalue weighted by atomic mass is 9.74. The fourth-order valence-electron chi connectivity index (χ4n) is 6.30. The number of nitrogen functional groups attached to an aromatic ring is 1. The van der Waals surface area contributed by atoms with Gasteiger partial charge in [0.1, 0.15) is 42.4 Å². The highest BCUT2D eigenvalue weighted by Crippen LogP contribution is 2.48. The number of rotatable bonds is 5. The predicted molar refractivity (Wildman–Crippen MR) is 129 cm³/mol. The normalized spacial score (nSPS) is 31.6. The molecule has 7 rings (SSSR count). The summed E-state index contributed by atoms with van der Waals surface area (Å²) in [5.74, 6) is 1.23. The molecule has 1 aromatic carbocycles. The van der Waals surface area contributed by atoms with E-state index in [0.717, 1.165) is 66.4 Å². The number of carbonyl (C=O) groups excluding carboxylic acids is 1. The summed E-state index contributed by atoms with van der Waals surface area (Å²) in [6.07, 6.45) is 10.1. The zero-order chi connectivity index (χ0) is 23.6. The maximum absolute atomic E-state index is 11.5. The quantitative estimate of drug-likeness (QED) is 0.583. The molecule has 3 saturated heterocycles. The number of hydrogen-bond donors (Lipinski definition) is 2. The van der Waals surface area contributed by atoms with Gasteiger partial charge in [-0.1, -0.05) is 12.1 Å². The summed E-state index contributed by atoms with van der Waals surface area (Å²) in [6.45, 7) is 1.26. The molecule has 0 atom stereocenters. The Bertz CT molecular complexity index is 1290. The Balaban J connectivity index is 1.17. The molecule has 35 heavy (non-hydrogen) atoms. The molecule has 4 fully saturated rings. The van der Waals surface area contributed by atoms with Crippen molar-refractivity contribution < 1.29 is 19.0 Å². The Labute approximate surface area is 203 Å². The molecule has 3 N–H and O–H groups in total. The van der Waals surface area contributed by atoms with Gasteiger partial charge in [-0.25, -0.2) is 9.97 Å². The lowest BCUT2D eigenvalue weighted by molar-refractivity contribution is -0.163. The molecule has 2 aromatic heterocycles. The van der Waals surface area contributed by atoms with Gasteiger partial charge in [0.15, 0.2) is 0 Å². The minimum Gasteiger partial charge on any atom is -0.491 e. The van der Waals surface area contributed by atoms with Crippen molar-refractivity contribution in [2.75, 3.05) is 25.5 Å². The van der Waals surface area contributed by atoms with Crippen LogP contribution in [0.15, 0.2) is 36.8 Å². The number of fused-ring (bicyclic) bond motifs is 3. The van der Waals surface area contributed by atoms with Crippen molar-refractivity contribution in [3.05, 3.63) is 36.8 Å². The monoisotopic (exact) mass is 475 g/mol. The van der Waals surface area contributed by atoms with E-state index in [1.165, 1.54) is 6.33 Å². The molecular weight excluding hydrogens is 446 g/mol. The maximum Gasteiger partial charge on any atom is 0.246 e. The van der Waals surface area contributed by atoms with E-state index in [0.29, 0.717) is 25.1 Å². The molecule has 182 valence electrons. The Morgan fingerprint density at radius 3 is 2.83 bits per heavy atom. The minimum atomic E-state index is -0.289. The van der Waals surface area contributed by atoms with E-state index in [9.17, 15) is 4.79 Å². The van der Waals surface area contributed by atoms with E-state index >= 15 is 0 Å². The third-order valence-electron chi connectivity index (χ3n) is 8.27. The van der Waals surface area contributed by atoms with E-state index in [4.69, 9.17) is 19.9 Å². The van der Waals surface area contributed by atoms with E-state index in [2.05, 4.69) is 38.2 Å². The highest BCUT2D eigenvalue weighted by molar-refractivity contribution is 6.00. The van der Waals surface area contributed by atoms with Gasteiger partial charge in [0.05, 0.1) is 17.1 Å². The Morgan fingerprint density at radius 2 is 2.09 bits per heavy atom. The molecule has 5 heterocycles. The van der Waals surface area contributed by atoms with Crippen molar-refractivity contribution in [1.82, 2.24) is 19.9 Å². The second-order valence-corrected chi connectivity index (χ2v) is 10.5. The van der Waals surface area contributed by atoms with Gasteiger partial charge in [0, 0.05) is 24.3 Å². The van der Waals surface area contributed by atoms with E-state index in [-0.39, 0.29) is 29.8 Å². The number of amides is 1. The zero-order valence-electron chi connectivity index (χ0n) is 19.5. The summed E-state index contributed by atoms with van der Waals surface area (Å²) in [5, 5.41) is 3.78. The summed E-state index contributed by atoms with van der Waals surface area (Å²) in [4.78, 5) is 20.4. The summed E-state index contributed by atoms with van der Waals surface area (Å²) in [6, 6.07) is 8.34. The number of carbonyl (C=O) groups is 1. The highest BCUT2D eigenvalue weighted by Gasteiger charge is 2.49. The molecule has 1 saturated carbocycles. The van der Waals surface area contributed by atoms with E-state index < -0.39 is 0 Å². The third-order valence-corrected chi connectivity index (χ3v) is 8.27. The number of aromatic nitrogens is 3. The van der Waals surface area contributed by atoms with E-state index in [1.807, 2.05) is 12.1 Å². The number of nitrogens with two attached hydrogens (primary N) is 1. The lowest BCUT2D eigenvalue weighted by Crippen LogP contribution is -2.59. The average molecular weight is 476 g/mol. The standard InChI is InChI=1S/C26H29N5O4/c27-23-22-20(16-2-1-3-19(8-16)33-14-25-6-4-18(35-25)5-7-25)11-31(24(22)30-15-29-23)17-9-26(10-17)13-28-21(32)12-34-26/h1-3,8,11,15,17-18H,4-7,9-10,12-14H2,(H,28,32)(H2,27,29,30). The van der Waals surface area contributed by atoms with Crippen molar-refractivity contribution in [2.45, 2.75) is 61.9 Å². The molecule has 3 aliphatic heterocycles. The number of anilines is 1. The number of benzene rings is 1. The van der Waals surface area contributed by atoms with Crippen LogP contribution in [0.3, 0.4) is 0 Å². The van der Waals surface area contributed by atoms with Crippen LogP contribution in [0.2, 0.25) is 0 Å². The second-order valence-electron chi connectivity index (χ2n) is 10.5. The molecule has 3 aromatic rings. The number of ether oxygens (including phenoxy) is 3. The molecule has 9 heteroatoms. The number of hydrogen-bond acceptors (Lipinski definition) is 7. The van der Waals surface area contributed by atoms with Gasteiger partial charge in [-0.15, -0.1) is 0 Å². The largest absolute Gasteiger partial charge is 0.491 e. The van der Waals surface area contributed by atoms with Crippen molar-refractivity contribution >= 4 is 22.8 Å². The zero-order valence-corrected chi connectivity index (χ0v) is 19.5. The highest BCUT2D eigenvalue weighted by atomic mass is 16.6. The summed E-state index contributed by atoms with van der Waals surface area (Å²) in [5.41, 5.74) is 8.76. The van der Waals surface area contributed by atoms with Crippen LogP contribution in [0.25, 0.3) is 22.2 Å². The van der Waals surface area contributed by atoms with Crippen LogP contribution in [-0.4, -0.2) is 57.5 Å². The minimum absolute atomic E-state index is 0.0535. The van der Waals surface area contributed by atoms with E-state index in [1.54, 1.807) is 0 Å². The third kappa shape index (κ3) is 3.48. The van der Waals surface area contributed by atoms with Crippen LogP contribution >= 0.6 is 0 Å². The first-order valence-electron chi connectivity index (χ1n) is 12.4. The first-order chi connectivity index (χ1) is 17.0. The fraction of sp³-hybridized carbons (Fsp3) is 0.500. The fourth-order valence-corrected chi connectivity index (χ4v) is 6.30. The Hall–Kier alpha value is -3.17. The smallest absolute Gasteiger partial charge is 0.246 e. The molecule has 1 amide bonds. The van der Waals surface area contributed by atoms with Crippen LogP contribution in [0, 0.1) is 0 Å². The van der Waals surface area contributed by atoms with Gasteiger partial charge in [0.2, 0.25) is 5.91 Å². The molecule has 9 nitrogen and oxygen atoms in total. The van der Waals surface area contributed by atoms with Gasteiger partial charge in [-0.2, -0.15) is 0 Å². The van der Waals surface area contributed by atoms with Crippen LogP contribution in [0.1, 0.15) is 44.6 Å². The number of morpholine rings is 1. The van der Waals surface area contributed by atoms with Crippen LogP contribution in [0.4, 0.5) is 5.82 Å². The van der Waals surface area contributed by atoms with Gasteiger partial charge < -0.3 is 29.8 Å². The molecule has 0 radical (unpaired) electrons. The molecule has 1 spiro atoms. The molecule has 1 aliphatic carbocycles. The molecular formula is C26H29N5O4. The van der Waals surface area contributed by atoms with Gasteiger partial charge in [-0.3, -0.25) is 4.79 Å². The molecule has 2 bridgehead atoms. The number of nitrogens with zero attached hydrogens (tertiary/aromatic N) is 3. The van der Waals surface area contributed by atoms with Crippen LogP contribution < -0.4 is 15.8 Å². The Morgan fingerprint density at radius 1 is 1.23 bits per heavy atom. The number of nitrogens with one attached hydrogen (secondary N) is 1. The average Bonchev–Trinajstić information content (AvgIpc) is 3.56. The lowest BCUT2D eigenvalue weighted by Gasteiger charge is -2.49. The first-order valence-corrected chi connectivity index (χ1v) is 12.4. The second kappa shape index (κ2) is 7.66.